The minimum absolute atomic E-state index is 0.179. The second-order valence-electron chi connectivity index (χ2n) is 6.74. The first-order chi connectivity index (χ1) is 14.4. The summed E-state index contributed by atoms with van der Waals surface area (Å²) in [5.41, 5.74) is 4.82. The lowest BCUT2D eigenvalue weighted by molar-refractivity contribution is -0.394. The Bertz CT molecular complexity index is 1310. The third-order valence-corrected chi connectivity index (χ3v) is 6.42. The molecule has 162 valence electrons. The van der Waals surface area contributed by atoms with Gasteiger partial charge < -0.3 is 11.1 Å². The normalized spacial score (nSPS) is 11.6. The molecular weight excluding hydrogens is 432 g/mol. The maximum atomic E-state index is 12.5. The minimum Gasteiger partial charge on any atom is -0.368 e. The van der Waals surface area contributed by atoms with Gasteiger partial charge in [-0.3, -0.25) is 25.0 Å². The molecule has 0 spiro atoms. The van der Waals surface area contributed by atoms with Crippen LogP contribution in [0.1, 0.15) is 24.2 Å². The molecule has 0 saturated heterocycles. The van der Waals surface area contributed by atoms with Gasteiger partial charge in [0.15, 0.2) is 0 Å². The quantitative estimate of drug-likeness (QED) is 0.420. The van der Waals surface area contributed by atoms with Gasteiger partial charge in [-0.15, -0.1) is 0 Å². The van der Waals surface area contributed by atoms with Crippen molar-refractivity contribution in [2.45, 2.75) is 19.1 Å². The van der Waals surface area contributed by atoms with Crippen LogP contribution < -0.4 is 11.1 Å². The predicted octanol–water partition coefficient (Wildman–Crippen LogP) is 2.27. The standard InChI is InChI=1S/C17H16N6O7S/c1-9(2)31(29,30)21-15-4-3-11(7-14(15)20-17(21)18)19-16(24)10-5-12(22(25)26)8-13(6-10)23(27)28/h3-9H,1-2H3,(H2,18,20)(H,19,24). The Morgan fingerprint density at radius 3 is 2.19 bits per heavy atom. The molecule has 14 heteroatoms. The van der Waals surface area contributed by atoms with E-state index in [1.54, 1.807) is 0 Å². The van der Waals surface area contributed by atoms with Gasteiger partial charge in [0.1, 0.15) is 0 Å². The fraction of sp³-hybridized carbons (Fsp3) is 0.176. The van der Waals surface area contributed by atoms with Crippen molar-refractivity contribution in [1.29, 1.82) is 0 Å². The molecule has 13 nitrogen and oxygen atoms in total. The van der Waals surface area contributed by atoms with Crippen molar-refractivity contribution in [3.05, 3.63) is 62.2 Å². The average molecular weight is 448 g/mol. The number of hydrogen-bond acceptors (Lipinski definition) is 9. The number of non-ortho nitro benzene ring substituents is 2. The number of nitro groups is 2. The summed E-state index contributed by atoms with van der Waals surface area (Å²) >= 11 is 0. The Hall–Kier alpha value is -4.07. The number of hydrogen-bond donors (Lipinski definition) is 2. The van der Waals surface area contributed by atoms with E-state index < -0.39 is 42.4 Å². The number of nitrogens with one attached hydrogen (secondary N) is 1. The van der Waals surface area contributed by atoms with Crippen molar-refractivity contribution in [3.8, 4) is 0 Å². The van der Waals surface area contributed by atoms with Gasteiger partial charge >= 0.3 is 0 Å². The highest BCUT2D eigenvalue weighted by molar-refractivity contribution is 7.90. The number of fused-ring (bicyclic) bond motifs is 1. The van der Waals surface area contributed by atoms with Crippen LogP contribution in [0, 0.1) is 20.2 Å². The van der Waals surface area contributed by atoms with Gasteiger partial charge in [0, 0.05) is 17.8 Å². The summed E-state index contributed by atoms with van der Waals surface area (Å²) < 4.78 is 25.9. The molecule has 0 aliphatic rings. The second kappa shape index (κ2) is 7.64. The SMILES string of the molecule is CC(C)S(=O)(=O)n1c(N)nc2cc(NC(=O)c3cc([N+](=O)[O-])cc([N+](=O)[O-])c3)ccc21. The molecule has 1 heterocycles. The van der Waals surface area contributed by atoms with Crippen LogP contribution in [0.5, 0.6) is 0 Å². The molecule has 31 heavy (non-hydrogen) atoms. The number of carbonyl (C=O) groups is 1. The Morgan fingerprint density at radius 1 is 1.10 bits per heavy atom. The van der Waals surface area contributed by atoms with Crippen molar-refractivity contribution < 1.29 is 23.1 Å². The number of nitrogens with two attached hydrogens (primary N) is 1. The molecule has 0 aliphatic heterocycles. The van der Waals surface area contributed by atoms with E-state index in [-0.39, 0.29) is 28.2 Å². The van der Waals surface area contributed by atoms with Gasteiger partial charge in [0.2, 0.25) is 16.0 Å². The summed E-state index contributed by atoms with van der Waals surface area (Å²) in [6, 6.07) is 6.70. The molecule has 1 amide bonds. The molecular formula is C17H16N6O7S. The molecule has 3 rings (SSSR count). The Balaban J connectivity index is 1.99. The molecule has 0 saturated carbocycles. The molecule has 3 N–H and O–H groups in total. The largest absolute Gasteiger partial charge is 0.368 e. The zero-order valence-corrected chi connectivity index (χ0v) is 17.0. The smallest absolute Gasteiger partial charge is 0.277 e. The average Bonchev–Trinajstić information content (AvgIpc) is 3.02. The first-order valence-electron chi connectivity index (χ1n) is 8.69. The summed E-state index contributed by atoms with van der Waals surface area (Å²) in [4.78, 5) is 36.8. The summed E-state index contributed by atoms with van der Waals surface area (Å²) in [6.45, 7) is 2.99. The van der Waals surface area contributed by atoms with Crippen LogP contribution in [0.15, 0.2) is 36.4 Å². The Morgan fingerprint density at radius 2 is 1.68 bits per heavy atom. The summed E-state index contributed by atoms with van der Waals surface area (Å²) in [5.74, 6) is -1.09. The molecule has 0 atom stereocenters. The van der Waals surface area contributed by atoms with Gasteiger partial charge in [0.05, 0.1) is 37.8 Å². The molecule has 2 aromatic carbocycles. The lowest BCUT2D eigenvalue weighted by atomic mass is 10.1. The van der Waals surface area contributed by atoms with Crippen LogP contribution >= 0.6 is 0 Å². The molecule has 0 fully saturated rings. The van der Waals surface area contributed by atoms with Crippen LogP contribution in [0.25, 0.3) is 11.0 Å². The zero-order valence-electron chi connectivity index (χ0n) is 16.2. The number of anilines is 2. The van der Waals surface area contributed by atoms with Gasteiger partial charge in [0.25, 0.3) is 17.3 Å². The van der Waals surface area contributed by atoms with E-state index in [1.165, 1.54) is 32.0 Å². The number of amides is 1. The molecule has 3 aromatic rings. The fourth-order valence-corrected chi connectivity index (χ4v) is 3.93. The number of benzene rings is 2. The molecule has 0 aliphatic carbocycles. The van der Waals surface area contributed by atoms with E-state index >= 15 is 0 Å². The Labute approximate surface area is 174 Å². The number of nitrogens with zero attached hydrogens (tertiary/aromatic N) is 4. The number of imidazole rings is 1. The van der Waals surface area contributed by atoms with E-state index in [1.807, 2.05) is 0 Å². The van der Waals surface area contributed by atoms with Crippen molar-refractivity contribution >= 4 is 50.0 Å². The lowest BCUT2D eigenvalue weighted by Crippen LogP contribution is -2.23. The summed E-state index contributed by atoms with van der Waals surface area (Å²) in [6.07, 6.45) is 0. The van der Waals surface area contributed by atoms with Crippen molar-refractivity contribution in [1.82, 2.24) is 8.96 Å². The number of aromatic nitrogens is 2. The highest BCUT2D eigenvalue weighted by Crippen LogP contribution is 2.27. The van der Waals surface area contributed by atoms with Crippen molar-refractivity contribution in [3.63, 3.8) is 0 Å². The lowest BCUT2D eigenvalue weighted by Gasteiger charge is -2.11. The maximum absolute atomic E-state index is 12.5. The van der Waals surface area contributed by atoms with Crippen LogP contribution in [0.3, 0.4) is 0 Å². The van der Waals surface area contributed by atoms with Crippen LogP contribution in [-0.4, -0.2) is 38.4 Å². The topological polar surface area (TPSA) is 193 Å². The van der Waals surface area contributed by atoms with E-state index in [2.05, 4.69) is 10.3 Å². The third kappa shape index (κ3) is 4.00. The van der Waals surface area contributed by atoms with Crippen molar-refractivity contribution in [2.24, 2.45) is 0 Å². The van der Waals surface area contributed by atoms with E-state index in [0.717, 1.165) is 22.2 Å². The maximum Gasteiger partial charge on any atom is 0.277 e. The molecule has 0 bridgehead atoms. The number of rotatable bonds is 6. The summed E-state index contributed by atoms with van der Waals surface area (Å²) in [7, 11) is -3.78. The zero-order chi connectivity index (χ0) is 23.1. The summed E-state index contributed by atoms with van der Waals surface area (Å²) in [5, 5.41) is 23.7. The molecule has 0 unspecified atom stereocenters. The highest BCUT2D eigenvalue weighted by Gasteiger charge is 2.25. The molecule has 1 aromatic heterocycles. The predicted molar refractivity (Wildman–Crippen MR) is 111 cm³/mol. The van der Waals surface area contributed by atoms with Gasteiger partial charge in [-0.05, 0) is 32.0 Å². The van der Waals surface area contributed by atoms with Crippen LogP contribution in [0.4, 0.5) is 23.0 Å². The number of carbonyl (C=O) groups excluding carboxylic acids is 1. The first kappa shape index (κ1) is 21.6. The van der Waals surface area contributed by atoms with Crippen LogP contribution in [-0.2, 0) is 10.0 Å². The second-order valence-corrected chi connectivity index (χ2v) is 9.08. The Kier molecular flexibility index (Phi) is 5.33. The van der Waals surface area contributed by atoms with Gasteiger partial charge in [-0.2, -0.15) is 0 Å². The first-order valence-corrected chi connectivity index (χ1v) is 10.2. The van der Waals surface area contributed by atoms with Crippen LogP contribution in [0.2, 0.25) is 0 Å². The van der Waals surface area contributed by atoms with E-state index in [9.17, 15) is 33.4 Å². The number of nitrogen functional groups attached to an aromatic ring is 1. The number of nitro benzene ring substituents is 2. The van der Waals surface area contributed by atoms with Gasteiger partial charge in [-0.1, -0.05) is 0 Å². The van der Waals surface area contributed by atoms with E-state index in [0.29, 0.717) is 0 Å². The fourth-order valence-electron chi connectivity index (χ4n) is 2.77. The minimum atomic E-state index is -3.78. The van der Waals surface area contributed by atoms with Crippen molar-refractivity contribution in [2.75, 3.05) is 11.1 Å². The van der Waals surface area contributed by atoms with E-state index in [4.69, 9.17) is 5.73 Å². The third-order valence-electron chi connectivity index (χ3n) is 4.33. The van der Waals surface area contributed by atoms with Gasteiger partial charge in [-0.25, -0.2) is 17.4 Å². The highest BCUT2D eigenvalue weighted by atomic mass is 32.2. The monoisotopic (exact) mass is 448 g/mol. The molecule has 0 radical (unpaired) electrons.